The zero-order valence-electron chi connectivity index (χ0n) is 15.5. The molecule has 0 radical (unpaired) electrons. The molecule has 0 bridgehead atoms. The van der Waals surface area contributed by atoms with Crippen LogP contribution in [0.3, 0.4) is 0 Å². The van der Waals surface area contributed by atoms with Crippen LogP contribution in [0.1, 0.15) is 59.3 Å². The second kappa shape index (κ2) is 5.50. The average molecular weight is 346 g/mol. The van der Waals surface area contributed by atoms with Crippen LogP contribution in [0.5, 0.6) is 0 Å². The molecule has 0 heterocycles. The van der Waals surface area contributed by atoms with Gasteiger partial charge in [0.05, 0.1) is 12.2 Å². The van der Waals surface area contributed by atoms with Gasteiger partial charge in [-0.3, -0.25) is 9.59 Å². The van der Waals surface area contributed by atoms with Gasteiger partial charge in [-0.15, -0.1) is 0 Å². The summed E-state index contributed by atoms with van der Waals surface area (Å²) in [6.45, 7) is 6.09. The fraction of sp³-hybridized carbons (Fsp3) is 0.810. The summed E-state index contributed by atoms with van der Waals surface area (Å²) in [7, 11) is 0. The lowest BCUT2D eigenvalue weighted by Crippen LogP contribution is -2.55. The van der Waals surface area contributed by atoms with Gasteiger partial charge in [0.2, 0.25) is 0 Å². The summed E-state index contributed by atoms with van der Waals surface area (Å²) in [4.78, 5) is 25.1. The molecule has 0 aliphatic heterocycles. The van der Waals surface area contributed by atoms with Gasteiger partial charge < -0.3 is 10.2 Å². The topological polar surface area (TPSA) is 74.6 Å². The van der Waals surface area contributed by atoms with Gasteiger partial charge in [-0.2, -0.15) is 0 Å². The predicted molar refractivity (Wildman–Crippen MR) is 93.7 cm³/mol. The molecular formula is C21H30O4. The lowest BCUT2D eigenvalue weighted by Gasteiger charge is -2.57. The molecule has 4 aliphatic carbocycles. The minimum Gasteiger partial charge on any atom is -0.390 e. The van der Waals surface area contributed by atoms with Crippen LogP contribution in [0.15, 0.2) is 11.6 Å². The standard InChI is InChI=1S/C21H30O4/c1-11(22)13-4-5-14-12-8-17(23)16-9-18(24)19(25)10-21(16,3)15(12)6-7-20(13,14)2/h8,13-16,18-19,24-25H,4-7,9-10H2,1-3H3/t13-,14+,15-,16-,18+,19-,20+,21+/m0/s1. The molecule has 0 aromatic heterocycles. The van der Waals surface area contributed by atoms with Crippen molar-refractivity contribution in [2.24, 2.45) is 34.5 Å². The number of ketones is 2. The summed E-state index contributed by atoms with van der Waals surface area (Å²) in [6.07, 6.45) is 5.10. The van der Waals surface area contributed by atoms with Crippen molar-refractivity contribution in [2.75, 3.05) is 0 Å². The molecule has 4 aliphatic rings. The Balaban J connectivity index is 1.74. The summed E-state index contributed by atoms with van der Waals surface area (Å²) in [5.74, 6) is 0.932. The molecule has 3 saturated carbocycles. The van der Waals surface area contributed by atoms with E-state index in [0.717, 1.165) is 25.7 Å². The first kappa shape index (κ1) is 17.4. The van der Waals surface area contributed by atoms with Gasteiger partial charge in [0.1, 0.15) is 5.78 Å². The number of hydrogen-bond donors (Lipinski definition) is 2. The summed E-state index contributed by atoms with van der Waals surface area (Å²) in [5, 5.41) is 20.4. The highest BCUT2D eigenvalue weighted by molar-refractivity contribution is 5.94. The summed E-state index contributed by atoms with van der Waals surface area (Å²) in [6, 6.07) is 0. The Morgan fingerprint density at radius 3 is 2.40 bits per heavy atom. The smallest absolute Gasteiger partial charge is 0.159 e. The van der Waals surface area contributed by atoms with Gasteiger partial charge in [0.25, 0.3) is 0 Å². The Morgan fingerprint density at radius 1 is 1.04 bits per heavy atom. The number of carbonyl (C=O) groups is 2. The van der Waals surface area contributed by atoms with Crippen LogP contribution in [-0.2, 0) is 9.59 Å². The van der Waals surface area contributed by atoms with Crippen LogP contribution in [-0.4, -0.2) is 34.0 Å². The Hall–Kier alpha value is -1.00. The number of rotatable bonds is 1. The van der Waals surface area contributed by atoms with Crippen LogP contribution in [0.25, 0.3) is 0 Å². The molecule has 0 unspecified atom stereocenters. The Morgan fingerprint density at radius 2 is 1.72 bits per heavy atom. The number of hydrogen-bond acceptors (Lipinski definition) is 4. The van der Waals surface area contributed by atoms with E-state index in [9.17, 15) is 19.8 Å². The first-order chi connectivity index (χ1) is 11.7. The number of Topliss-reactive ketones (excluding diaryl/α,β-unsaturated/α-hetero) is 1. The molecule has 0 amide bonds. The molecule has 25 heavy (non-hydrogen) atoms. The third-order valence-electron chi connectivity index (χ3n) is 8.42. The van der Waals surface area contributed by atoms with Crippen LogP contribution in [0.2, 0.25) is 0 Å². The monoisotopic (exact) mass is 346 g/mol. The van der Waals surface area contributed by atoms with Crippen molar-refractivity contribution < 1.29 is 19.8 Å². The normalized spacial score (nSPS) is 52.0. The number of fused-ring (bicyclic) bond motifs is 5. The van der Waals surface area contributed by atoms with E-state index < -0.39 is 12.2 Å². The second-order valence-electron chi connectivity index (χ2n) is 9.57. The van der Waals surface area contributed by atoms with Crippen molar-refractivity contribution >= 4 is 11.6 Å². The summed E-state index contributed by atoms with van der Waals surface area (Å²) >= 11 is 0. The van der Waals surface area contributed by atoms with Crippen molar-refractivity contribution in [1.29, 1.82) is 0 Å². The quantitative estimate of drug-likeness (QED) is 0.765. The Bertz CT molecular complexity index is 652. The molecule has 2 N–H and O–H groups in total. The van der Waals surface area contributed by atoms with E-state index in [0.29, 0.717) is 24.7 Å². The SMILES string of the molecule is CC(=O)[C@@H]1CC[C@@H]2C3=CC(=O)[C@@H]4C[C@@H](O)[C@@H](O)C[C@]4(C)[C@H]3CC[C@@]21C. The lowest BCUT2D eigenvalue weighted by atomic mass is 9.47. The highest BCUT2D eigenvalue weighted by Crippen LogP contribution is 2.65. The highest BCUT2D eigenvalue weighted by Gasteiger charge is 2.60. The van der Waals surface area contributed by atoms with Gasteiger partial charge in [-0.25, -0.2) is 0 Å². The minimum absolute atomic E-state index is 0.0234. The molecule has 8 atom stereocenters. The van der Waals surface area contributed by atoms with E-state index in [4.69, 9.17) is 0 Å². The van der Waals surface area contributed by atoms with Crippen LogP contribution in [0.4, 0.5) is 0 Å². The molecule has 0 aromatic rings. The molecule has 4 nitrogen and oxygen atoms in total. The third-order valence-corrected chi connectivity index (χ3v) is 8.42. The largest absolute Gasteiger partial charge is 0.390 e. The molecule has 3 fully saturated rings. The zero-order chi connectivity index (χ0) is 18.1. The van der Waals surface area contributed by atoms with Gasteiger partial charge >= 0.3 is 0 Å². The number of carbonyl (C=O) groups excluding carboxylic acids is 2. The average Bonchev–Trinajstić information content (AvgIpc) is 2.88. The maximum atomic E-state index is 12.9. The molecule has 138 valence electrons. The van der Waals surface area contributed by atoms with E-state index in [2.05, 4.69) is 13.8 Å². The van der Waals surface area contributed by atoms with E-state index in [-0.39, 0.29) is 34.2 Å². The van der Waals surface area contributed by atoms with Crippen molar-refractivity contribution in [1.82, 2.24) is 0 Å². The zero-order valence-corrected chi connectivity index (χ0v) is 15.5. The third kappa shape index (κ3) is 2.26. The van der Waals surface area contributed by atoms with Crippen molar-refractivity contribution in [3.63, 3.8) is 0 Å². The highest BCUT2D eigenvalue weighted by atomic mass is 16.3. The Labute approximate surface area is 149 Å². The van der Waals surface area contributed by atoms with Crippen molar-refractivity contribution in [2.45, 2.75) is 71.5 Å². The molecular weight excluding hydrogens is 316 g/mol. The molecule has 0 spiro atoms. The van der Waals surface area contributed by atoms with Gasteiger partial charge in [0.15, 0.2) is 5.78 Å². The maximum Gasteiger partial charge on any atom is 0.159 e. The van der Waals surface area contributed by atoms with Crippen molar-refractivity contribution in [3.8, 4) is 0 Å². The van der Waals surface area contributed by atoms with Crippen LogP contribution >= 0.6 is 0 Å². The van der Waals surface area contributed by atoms with Gasteiger partial charge in [0, 0.05) is 11.8 Å². The number of aliphatic hydroxyl groups excluding tert-OH is 2. The van der Waals surface area contributed by atoms with E-state index in [1.54, 1.807) is 6.92 Å². The van der Waals surface area contributed by atoms with Gasteiger partial charge in [-0.1, -0.05) is 19.4 Å². The van der Waals surface area contributed by atoms with E-state index in [1.165, 1.54) is 5.57 Å². The van der Waals surface area contributed by atoms with E-state index >= 15 is 0 Å². The van der Waals surface area contributed by atoms with E-state index in [1.807, 2.05) is 6.08 Å². The molecule has 0 aromatic carbocycles. The Kier molecular flexibility index (Phi) is 3.83. The minimum atomic E-state index is -0.792. The van der Waals surface area contributed by atoms with Crippen LogP contribution < -0.4 is 0 Å². The predicted octanol–water partition coefficient (Wildman–Crippen LogP) is 2.67. The molecule has 4 heteroatoms. The van der Waals surface area contributed by atoms with Crippen molar-refractivity contribution in [3.05, 3.63) is 11.6 Å². The number of aliphatic hydroxyl groups is 2. The first-order valence-electron chi connectivity index (χ1n) is 9.80. The lowest BCUT2D eigenvalue weighted by molar-refractivity contribution is -0.143. The fourth-order valence-corrected chi connectivity index (χ4v) is 7.06. The molecule has 0 saturated heterocycles. The number of allylic oxidation sites excluding steroid dienone is 2. The summed E-state index contributed by atoms with van der Waals surface area (Å²) < 4.78 is 0. The van der Waals surface area contributed by atoms with Crippen LogP contribution in [0, 0.1) is 34.5 Å². The fourth-order valence-electron chi connectivity index (χ4n) is 7.06. The van der Waals surface area contributed by atoms with Gasteiger partial charge in [-0.05, 0) is 74.2 Å². The first-order valence-corrected chi connectivity index (χ1v) is 9.80. The summed E-state index contributed by atoms with van der Waals surface area (Å²) in [5.41, 5.74) is 0.949. The maximum absolute atomic E-state index is 12.9. The second-order valence-corrected chi connectivity index (χ2v) is 9.57. The molecule has 4 rings (SSSR count).